The number of nitrogens with two attached hydrogens (primary N) is 1. The summed E-state index contributed by atoms with van der Waals surface area (Å²) in [4.78, 5) is 13.5. The number of hydrogen-bond acceptors (Lipinski definition) is 3. The first-order chi connectivity index (χ1) is 6.52. The van der Waals surface area contributed by atoms with Gasteiger partial charge in [0.1, 0.15) is 6.04 Å². The van der Waals surface area contributed by atoms with Gasteiger partial charge in [0.25, 0.3) is 0 Å². The van der Waals surface area contributed by atoms with Crippen molar-refractivity contribution in [2.45, 2.75) is 26.8 Å². The molecule has 1 amide bonds. The number of hydrogen-bond donors (Lipinski definition) is 1. The minimum Gasteiger partial charge on any atom is -0.383 e. The number of methoxy groups -OCH3 is 1. The van der Waals surface area contributed by atoms with E-state index in [0.717, 1.165) is 6.54 Å². The van der Waals surface area contributed by atoms with Crippen LogP contribution in [0.4, 0.5) is 0 Å². The lowest BCUT2D eigenvalue weighted by atomic mass is 10.2. The maximum Gasteiger partial charge on any atom is 0.241 e. The molecule has 0 aliphatic heterocycles. The summed E-state index contributed by atoms with van der Waals surface area (Å²) in [6.07, 6.45) is 0. The second kappa shape index (κ2) is 6.79. The van der Waals surface area contributed by atoms with E-state index in [-0.39, 0.29) is 12.5 Å². The van der Waals surface area contributed by atoms with Crippen LogP contribution in [0.5, 0.6) is 0 Å². The molecule has 1 unspecified atom stereocenters. The Labute approximate surface area is 86.4 Å². The standard InChI is InChI=1S/C10H22N2O2/c1-5-12(6-8(2)3)10(13)9(11)7-14-4/h8-9H,5-7,11H2,1-4H3. The molecule has 4 heteroatoms. The zero-order valence-electron chi connectivity index (χ0n) is 9.62. The van der Waals surface area contributed by atoms with Gasteiger partial charge in [-0.3, -0.25) is 4.79 Å². The fourth-order valence-electron chi connectivity index (χ4n) is 1.30. The highest BCUT2D eigenvalue weighted by molar-refractivity contribution is 5.81. The quantitative estimate of drug-likeness (QED) is 0.681. The van der Waals surface area contributed by atoms with Crippen LogP contribution in [0.2, 0.25) is 0 Å². The summed E-state index contributed by atoms with van der Waals surface area (Å²) in [5, 5.41) is 0. The third kappa shape index (κ3) is 4.58. The minimum absolute atomic E-state index is 0.0250. The molecule has 0 bridgehead atoms. The molecule has 4 nitrogen and oxygen atoms in total. The lowest BCUT2D eigenvalue weighted by Gasteiger charge is -2.25. The Balaban J connectivity index is 4.15. The number of likely N-dealkylation sites (N-methyl/N-ethyl adjacent to an activating group) is 1. The van der Waals surface area contributed by atoms with Crippen LogP contribution >= 0.6 is 0 Å². The van der Waals surface area contributed by atoms with Crippen LogP contribution in [0.3, 0.4) is 0 Å². The second-order valence-corrected chi connectivity index (χ2v) is 3.83. The third-order valence-corrected chi connectivity index (χ3v) is 1.94. The van der Waals surface area contributed by atoms with E-state index in [1.807, 2.05) is 6.92 Å². The Morgan fingerprint density at radius 1 is 1.50 bits per heavy atom. The van der Waals surface area contributed by atoms with Crippen LogP contribution in [0.1, 0.15) is 20.8 Å². The molecule has 0 aromatic carbocycles. The van der Waals surface area contributed by atoms with Gasteiger partial charge in [-0.2, -0.15) is 0 Å². The first kappa shape index (κ1) is 13.4. The van der Waals surface area contributed by atoms with Crippen LogP contribution in [0.15, 0.2) is 0 Å². The van der Waals surface area contributed by atoms with Crippen LogP contribution in [0.25, 0.3) is 0 Å². The van der Waals surface area contributed by atoms with Crippen molar-refractivity contribution in [2.24, 2.45) is 11.7 Å². The van der Waals surface area contributed by atoms with Crippen LogP contribution in [0, 0.1) is 5.92 Å². The molecular weight excluding hydrogens is 180 g/mol. The van der Waals surface area contributed by atoms with Crippen molar-refractivity contribution in [2.75, 3.05) is 26.8 Å². The summed E-state index contributed by atoms with van der Waals surface area (Å²) in [6.45, 7) is 7.87. The van der Waals surface area contributed by atoms with E-state index in [1.54, 1.807) is 12.0 Å². The fraction of sp³-hybridized carbons (Fsp3) is 0.900. The molecule has 2 N–H and O–H groups in total. The highest BCUT2D eigenvalue weighted by Gasteiger charge is 2.19. The van der Waals surface area contributed by atoms with Crippen molar-refractivity contribution in [1.29, 1.82) is 0 Å². The Bertz CT molecular complexity index is 172. The molecule has 0 fully saturated rings. The number of carbonyl (C=O) groups is 1. The van der Waals surface area contributed by atoms with E-state index in [4.69, 9.17) is 10.5 Å². The molecule has 0 aromatic rings. The first-order valence-corrected chi connectivity index (χ1v) is 5.06. The molecule has 14 heavy (non-hydrogen) atoms. The summed E-state index contributed by atoms with van der Waals surface area (Å²) < 4.78 is 4.85. The van der Waals surface area contributed by atoms with Crippen molar-refractivity contribution in [3.8, 4) is 0 Å². The van der Waals surface area contributed by atoms with E-state index in [9.17, 15) is 4.79 Å². The Hall–Kier alpha value is -0.610. The summed E-state index contributed by atoms with van der Waals surface area (Å²) in [5.41, 5.74) is 5.66. The molecule has 0 aliphatic rings. The van der Waals surface area contributed by atoms with Gasteiger partial charge in [0, 0.05) is 20.2 Å². The third-order valence-electron chi connectivity index (χ3n) is 1.94. The lowest BCUT2D eigenvalue weighted by Crippen LogP contribution is -2.47. The molecule has 0 rings (SSSR count). The highest BCUT2D eigenvalue weighted by Crippen LogP contribution is 2.00. The largest absolute Gasteiger partial charge is 0.383 e. The van der Waals surface area contributed by atoms with Crippen molar-refractivity contribution in [3.63, 3.8) is 0 Å². The zero-order chi connectivity index (χ0) is 11.1. The van der Waals surface area contributed by atoms with E-state index in [1.165, 1.54) is 0 Å². The Morgan fingerprint density at radius 3 is 2.43 bits per heavy atom. The molecule has 0 spiro atoms. The van der Waals surface area contributed by atoms with Crippen molar-refractivity contribution in [1.82, 2.24) is 4.90 Å². The molecule has 0 saturated carbocycles. The predicted octanol–water partition coefficient (Wildman–Crippen LogP) is 0.465. The zero-order valence-corrected chi connectivity index (χ0v) is 9.62. The van der Waals surface area contributed by atoms with Gasteiger partial charge in [-0.05, 0) is 12.8 Å². The number of rotatable bonds is 6. The number of amides is 1. The van der Waals surface area contributed by atoms with E-state index in [2.05, 4.69) is 13.8 Å². The Morgan fingerprint density at radius 2 is 2.07 bits per heavy atom. The average Bonchev–Trinajstić information content (AvgIpc) is 2.13. The lowest BCUT2D eigenvalue weighted by molar-refractivity contribution is -0.134. The van der Waals surface area contributed by atoms with Crippen LogP contribution in [-0.4, -0.2) is 43.7 Å². The summed E-state index contributed by atoms with van der Waals surface area (Å²) in [5.74, 6) is 0.441. The van der Waals surface area contributed by atoms with Gasteiger partial charge in [-0.1, -0.05) is 13.8 Å². The number of nitrogens with zero attached hydrogens (tertiary/aromatic N) is 1. The van der Waals surface area contributed by atoms with Crippen molar-refractivity contribution < 1.29 is 9.53 Å². The maximum absolute atomic E-state index is 11.7. The van der Waals surface area contributed by atoms with Gasteiger partial charge < -0.3 is 15.4 Å². The maximum atomic E-state index is 11.7. The summed E-state index contributed by atoms with van der Waals surface area (Å²) in [6, 6.07) is -0.529. The molecule has 1 atom stereocenters. The Kier molecular flexibility index (Phi) is 6.49. The van der Waals surface area contributed by atoms with Crippen molar-refractivity contribution >= 4 is 5.91 Å². The monoisotopic (exact) mass is 202 g/mol. The molecular formula is C10H22N2O2. The molecule has 84 valence electrons. The summed E-state index contributed by atoms with van der Waals surface area (Å²) >= 11 is 0. The molecule has 0 aliphatic carbocycles. The number of ether oxygens (including phenoxy) is 1. The van der Waals surface area contributed by atoms with Gasteiger partial charge in [-0.15, -0.1) is 0 Å². The first-order valence-electron chi connectivity index (χ1n) is 5.06. The van der Waals surface area contributed by atoms with Crippen molar-refractivity contribution in [3.05, 3.63) is 0 Å². The van der Waals surface area contributed by atoms with Crippen LogP contribution < -0.4 is 5.73 Å². The van der Waals surface area contributed by atoms with E-state index < -0.39 is 6.04 Å². The van der Waals surface area contributed by atoms with Gasteiger partial charge in [0.05, 0.1) is 6.61 Å². The van der Waals surface area contributed by atoms with Gasteiger partial charge in [0.2, 0.25) is 5.91 Å². The highest BCUT2D eigenvalue weighted by atomic mass is 16.5. The van der Waals surface area contributed by atoms with E-state index in [0.29, 0.717) is 12.5 Å². The fourth-order valence-corrected chi connectivity index (χ4v) is 1.30. The normalized spacial score (nSPS) is 13.0. The minimum atomic E-state index is -0.529. The molecule has 0 saturated heterocycles. The second-order valence-electron chi connectivity index (χ2n) is 3.83. The molecule has 0 heterocycles. The van der Waals surface area contributed by atoms with Gasteiger partial charge in [0.15, 0.2) is 0 Å². The predicted molar refractivity (Wildman–Crippen MR) is 56.9 cm³/mol. The van der Waals surface area contributed by atoms with Crippen LogP contribution in [-0.2, 0) is 9.53 Å². The van der Waals surface area contributed by atoms with Gasteiger partial charge >= 0.3 is 0 Å². The number of carbonyl (C=O) groups excluding carboxylic acids is 1. The topological polar surface area (TPSA) is 55.6 Å². The van der Waals surface area contributed by atoms with Gasteiger partial charge in [-0.25, -0.2) is 0 Å². The van der Waals surface area contributed by atoms with E-state index >= 15 is 0 Å². The average molecular weight is 202 g/mol. The SMILES string of the molecule is CCN(CC(C)C)C(=O)C(N)COC. The molecule has 0 aromatic heterocycles. The molecule has 0 radical (unpaired) electrons. The summed E-state index contributed by atoms with van der Waals surface area (Å²) in [7, 11) is 1.55. The smallest absolute Gasteiger partial charge is 0.241 e.